The minimum Gasteiger partial charge on any atom is -0.481 e. The molecule has 4 nitrogen and oxygen atoms in total. The molecule has 2 aromatic rings. The van der Waals surface area contributed by atoms with Crippen LogP contribution in [0, 0.1) is 6.92 Å². The van der Waals surface area contributed by atoms with Gasteiger partial charge in [0.05, 0.1) is 11.8 Å². The van der Waals surface area contributed by atoms with Crippen LogP contribution in [0.5, 0.6) is 0 Å². The van der Waals surface area contributed by atoms with Crippen LogP contribution in [-0.2, 0) is 15.6 Å². The third-order valence-electron chi connectivity index (χ3n) is 7.29. The van der Waals surface area contributed by atoms with Crippen LogP contribution in [0.4, 0.5) is 11.4 Å². The molecule has 33 heavy (non-hydrogen) atoms. The lowest BCUT2D eigenvalue weighted by atomic mass is 9.80. The van der Waals surface area contributed by atoms with Gasteiger partial charge in [-0.2, -0.15) is 4.58 Å². The Hall–Kier alpha value is -3.14. The summed E-state index contributed by atoms with van der Waals surface area (Å²) in [6.07, 6.45) is 6.67. The number of carbonyl (C=O) groups is 1. The zero-order valence-electron chi connectivity index (χ0n) is 20.6. The summed E-state index contributed by atoms with van der Waals surface area (Å²) in [4.78, 5) is 13.5. The molecule has 4 heteroatoms. The third kappa shape index (κ3) is 3.72. The summed E-state index contributed by atoms with van der Waals surface area (Å²) >= 11 is 0. The van der Waals surface area contributed by atoms with E-state index in [-0.39, 0.29) is 17.3 Å². The van der Waals surface area contributed by atoms with E-state index in [1.807, 2.05) is 6.07 Å². The predicted molar refractivity (Wildman–Crippen MR) is 136 cm³/mol. The average Bonchev–Trinajstić information content (AvgIpc) is 3.12. The molecule has 2 aliphatic heterocycles. The molecule has 0 aliphatic carbocycles. The Morgan fingerprint density at radius 2 is 1.73 bits per heavy atom. The van der Waals surface area contributed by atoms with E-state index in [0.29, 0.717) is 6.54 Å². The lowest BCUT2D eigenvalue weighted by molar-refractivity contribution is -0.433. The molecular weight excluding hydrogens is 408 g/mol. The first-order valence-electron chi connectivity index (χ1n) is 11.8. The highest BCUT2D eigenvalue weighted by Gasteiger charge is 2.44. The van der Waals surface area contributed by atoms with Gasteiger partial charge in [-0.3, -0.25) is 4.79 Å². The molecular formula is C29H35N2O2+. The quantitative estimate of drug-likeness (QED) is 0.548. The molecule has 0 saturated carbocycles. The highest BCUT2D eigenvalue weighted by atomic mass is 16.4. The second-order valence-corrected chi connectivity index (χ2v) is 10.1. The Morgan fingerprint density at radius 3 is 2.42 bits per heavy atom. The Bertz CT molecular complexity index is 1200. The normalized spacial score (nSPS) is 19.5. The SMILES string of the molecule is CC[N+]1=C(C=CC=C2N(CCC(=O)O)c3ccccc3C2(C)C)C(C)(C)c2cccc(C)c21. The van der Waals surface area contributed by atoms with Crippen molar-refractivity contribution in [3.05, 3.63) is 83.1 Å². The number of hydrogen-bond donors (Lipinski definition) is 1. The summed E-state index contributed by atoms with van der Waals surface area (Å²) in [5, 5.41) is 9.31. The number of carboxylic acid groups (broad SMARTS) is 1. The summed E-state index contributed by atoms with van der Waals surface area (Å²) in [7, 11) is 0. The van der Waals surface area contributed by atoms with Gasteiger partial charge in [-0.05, 0) is 45.4 Å². The summed E-state index contributed by atoms with van der Waals surface area (Å²) in [5.74, 6) is -0.776. The van der Waals surface area contributed by atoms with E-state index >= 15 is 0 Å². The van der Waals surface area contributed by atoms with Crippen molar-refractivity contribution < 1.29 is 14.5 Å². The zero-order valence-corrected chi connectivity index (χ0v) is 20.6. The highest BCUT2D eigenvalue weighted by Crippen LogP contribution is 2.47. The molecule has 2 heterocycles. The summed E-state index contributed by atoms with van der Waals surface area (Å²) in [6, 6.07) is 14.9. The predicted octanol–water partition coefficient (Wildman–Crippen LogP) is 6.10. The number of nitrogens with zero attached hydrogens (tertiary/aromatic N) is 2. The van der Waals surface area contributed by atoms with Crippen LogP contribution in [0.2, 0.25) is 0 Å². The van der Waals surface area contributed by atoms with Crippen molar-refractivity contribution >= 4 is 23.1 Å². The van der Waals surface area contributed by atoms with E-state index in [1.54, 1.807) is 0 Å². The molecule has 0 radical (unpaired) electrons. The van der Waals surface area contributed by atoms with Gasteiger partial charge < -0.3 is 10.0 Å². The van der Waals surface area contributed by atoms with E-state index in [4.69, 9.17) is 0 Å². The van der Waals surface area contributed by atoms with Crippen LogP contribution < -0.4 is 4.90 Å². The number of rotatable bonds is 6. The number of allylic oxidation sites excluding steroid dienone is 4. The number of anilines is 1. The molecule has 172 valence electrons. The van der Waals surface area contributed by atoms with Gasteiger partial charge >= 0.3 is 5.97 Å². The molecule has 0 bridgehead atoms. The fourth-order valence-electron chi connectivity index (χ4n) is 5.56. The van der Waals surface area contributed by atoms with E-state index in [2.05, 4.69) is 106 Å². The van der Waals surface area contributed by atoms with Gasteiger partial charge in [0.1, 0.15) is 6.54 Å². The fraction of sp³-hybridized carbons (Fsp3) is 0.379. The summed E-state index contributed by atoms with van der Waals surface area (Å²) < 4.78 is 2.43. The fourth-order valence-corrected chi connectivity index (χ4v) is 5.56. The standard InChI is InChI=1S/C29H34N2O2/c1-7-30-24(29(5,6)22-14-10-12-20(2)27(22)30)16-11-17-25-28(3,4)21-13-8-9-15-23(21)31(25)19-18-26(32)33/h8-17H,7,18-19H2,1-6H3/p+1. The van der Waals surface area contributed by atoms with Crippen molar-refractivity contribution in [1.29, 1.82) is 0 Å². The van der Waals surface area contributed by atoms with Crippen LogP contribution in [0.1, 0.15) is 57.7 Å². The molecule has 2 aromatic carbocycles. The van der Waals surface area contributed by atoms with E-state index < -0.39 is 5.97 Å². The molecule has 0 unspecified atom stereocenters. The van der Waals surface area contributed by atoms with Crippen LogP contribution in [-0.4, -0.2) is 34.5 Å². The van der Waals surface area contributed by atoms with Gasteiger partial charge in [0.2, 0.25) is 5.69 Å². The van der Waals surface area contributed by atoms with Crippen LogP contribution in [0.3, 0.4) is 0 Å². The van der Waals surface area contributed by atoms with Crippen molar-refractivity contribution in [3.63, 3.8) is 0 Å². The number of benzene rings is 2. The summed E-state index contributed by atoms with van der Waals surface area (Å²) in [5.41, 5.74) is 8.49. The van der Waals surface area contributed by atoms with Crippen molar-refractivity contribution in [2.24, 2.45) is 0 Å². The number of hydrogen-bond acceptors (Lipinski definition) is 2. The maximum atomic E-state index is 11.3. The number of para-hydroxylation sites is 2. The number of aliphatic carboxylic acids is 1. The smallest absolute Gasteiger partial charge is 0.305 e. The summed E-state index contributed by atoms with van der Waals surface area (Å²) in [6.45, 7) is 14.8. The topological polar surface area (TPSA) is 43.5 Å². The molecule has 0 amide bonds. The average molecular weight is 444 g/mol. The van der Waals surface area contributed by atoms with Gasteiger partial charge in [0, 0.05) is 40.5 Å². The van der Waals surface area contributed by atoms with Gasteiger partial charge in [-0.1, -0.05) is 56.3 Å². The molecule has 0 saturated heterocycles. The first-order chi connectivity index (χ1) is 15.6. The van der Waals surface area contributed by atoms with E-state index in [1.165, 1.54) is 28.1 Å². The number of aryl methyl sites for hydroxylation is 1. The van der Waals surface area contributed by atoms with E-state index in [9.17, 15) is 9.90 Å². The lowest BCUT2D eigenvalue weighted by Crippen LogP contribution is -2.28. The third-order valence-corrected chi connectivity index (χ3v) is 7.29. The maximum absolute atomic E-state index is 11.3. The van der Waals surface area contributed by atoms with Gasteiger partial charge in [-0.15, -0.1) is 0 Å². The highest BCUT2D eigenvalue weighted by molar-refractivity contribution is 6.03. The molecule has 1 N–H and O–H groups in total. The van der Waals surface area contributed by atoms with Crippen LogP contribution in [0.25, 0.3) is 0 Å². The molecule has 0 fully saturated rings. The second kappa shape index (κ2) is 8.33. The Kier molecular flexibility index (Phi) is 5.81. The molecule has 4 rings (SSSR count). The number of carboxylic acids is 1. The van der Waals surface area contributed by atoms with Crippen LogP contribution >= 0.6 is 0 Å². The maximum Gasteiger partial charge on any atom is 0.305 e. The van der Waals surface area contributed by atoms with Gasteiger partial charge in [-0.25, -0.2) is 0 Å². The Labute approximate surface area is 197 Å². The first kappa shape index (κ1) is 23.0. The molecule has 2 aliphatic rings. The molecule has 0 spiro atoms. The Morgan fingerprint density at radius 1 is 1.03 bits per heavy atom. The monoisotopic (exact) mass is 443 g/mol. The Balaban J connectivity index is 1.76. The van der Waals surface area contributed by atoms with Crippen molar-refractivity contribution in [3.8, 4) is 0 Å². The van der Waals surface area contributed by atoms with Crippen molar-refractivity contribution in [2.75, 3.05) is 18.0 Å². The molecule has 0 aromatic heterocycles. The van der Waals surface area contributed by atoms with E-state index in [0.717, 1.165) is 17.9 Å². The lowest BCUT2D eigenvalue weighted by Gasteiger charge is -2.26. The van der Waals surface area contributed by atoms with Gasteiger partial charge in [0.25, 0.3) is 0 Å². The first-order valence-corrected chi connectivity index (χ1v) is 11.8. The minimum atomic E-state index is -0.776. The number of fused-ring (bicyclic) bond motifs is 2. The van der Waals surface area contributed by atoms with Crippen molar-refractivity contribution in [2.45, 2.75) is 58.8 Å². The van der Waals surface area contributed by atoms with Crippen LogP contribution in [0.15, 0.2) is 66.4 Å². The largest absolute Gasteiger partial charge is 0.481 e. The minimum absolute atomic E-state index is 0.0798. The van der Waals surface area contributed by atoms with Crippen molar-refractivity contribution in [1.82, 2.24) is 0 Å². The zero-order chi connectivity index (χ0) is 24.0. The van der Waals surface area contributed by atoms with Gasteiger partial charge in [0.15, 0.2) is 5.71 Å². The molecule has 0 atom stereocenters. The second-order valence-electron chi connectivity index (χ2n) is 10.1.